The zero-order valence-corrected chi connectivity index (χ0v) is 20.2. The summed E-state index contributed by atoms with van der Waals surface area (Å²) in [5, 5.41) is 0.505. The summed E-state index contributed by atoms with van der Waals surface area (Å²) in [6, 6.07) is 17.0. The molecule has 0 aliphatic carbocycles. The van der Waals surface area contributed by atoms with Gasteiger partial charge in [-0.15, -0.1) is 0 Å². The minimum Gasteiger partial charge on any atom is -0.611 e. The highest BCUT2D eigenvalue weighted by molar-refractivity contribution is 7.92. The van der Waals surface area contributed by atoms with E-state index in [2.05, 4.69) is 9.97 Å². The van der Waals surface area contributed by atoms with Crippen molar-refractivity contribution in [3.63, 3.8) is 0 Å². The standard InChI is InChI=1S/C22H20N2O3S4/c1-15-3-7-18(8-4-15)30(26)13-16-5-9-20-19(11-16)24-22(28-20)31(27)14-17-6-10-21(23-12-17)29(2)25/h3-12H,13-14H2,1-2H3. The number of nitrogens with zero attached hydrogens (tertiary/aromatic N) is 2. The van der Waals surface area contributed by atoms with Gasteiger partial charge in [0, 0.05) is 45.7 Å². The average molecular weight is 489 g/mol. The lowest BCUT2D eigenvalue weighted by Crippen LogP contribution is -2.06. The Balaban J connectivity index is 1.47. The van der Waals surface area contributed by atoms with E-state index in [1.807, 2.05) is 49.4 Å². The maximum Gasteiger partial charge on any atom is 0.302 e. The highest BCUT2D eigenvalue weighted by Crippen LogP contribution is 2.29. The van der Waals surface area contributed by atoms with Crippen molar-refractivity contribution in [3.8, 4) is 0 Å². The summed E-state index contributed by atoms with van der Waals surface area (Å²) < 4.78 is 38.4. The molecule has 2 aromatic carbocycles. The fourth-order valence-corrected chi connectivity index (χ4v) is 6.79. The van der Waals surface area contributed by atoms with Crippen molar-refractivity contribution in [3.05, 3.63) is 77.5 Å². The summed E-state index contributed by atoms with van der Waals surface area (Å²) in [6.45, 7) is 2.00. The normalized spacial score (nSPS) is 14.5. The first kappa shape index (κ1) is 22.6. The van der Waals surface area contributed by atoms with Gasteiger partial charge in [-0.05, 0) is 48.4 Å². The van der Waals surface area contributed by atoms with E-state index in [4.69, 9.17) is 0 Å². The van der Waals surface area contributed by atoms with E-state index in [9.17, 15) is 13.7 Å². The summed E-state index contributed by atoms with van der Waals surface area (Å²) in [6.07, 6.45) is 3.19. The molecule has 4 rings (SSSR count). The van der Waals surface area contributed by atoms with Gasteiger partial charge in [-0.3, -0.25) is 0 Å². The van der Waals surface area contributed by atoms with Crippen LogP contribution in [0.25, 0.3) is 10.2 Å². The van der Waals surface area contributed by atoms with Crippen molar-refractivity contribution in [2.24, 2.45) is 0 Å². The van der Waals surface area contributed by atoms with E-state index in [1.54, 1.807) is 24.6 Å². The van der Waals surface area contributed by atoms with Crippen LogP contribution in [-0.2, 0) is 45.0 Å². The van der Waals surface area contributed by atoms with Crippen LogP contribution in [-0.4, -0.2) is 29.9 Å². The van der Waals surface area contributed by atoms with Crippen LogP contribution in [0.15, 0.2) is 75.1 Å². The zero-order valence-electron chi connectivity index (χ0n) is 16.9. The van der Waals surface area contributed by atoms with E-state index in [0.717, 1.165) is 31.8 Å². The van der Waals surface area contributed by atoms with Crippen molar-refractivity contribution in [1.29, 1.82) is 0 Å². The van der Waals surface area contributed by atoms with Crippen LogP contribution >= 0.6 is 11.3 Å². The highest BCUT2D eigenvalue weighted by atomic mass is 32.2. The number of fused-ring (bicyclic) bond motifs is 1. The van der Waals surface area contributed by atoms with Crippen molar-refractivity contribution in [2.75, 3.05) is 6.26 Å². The molecule has 2 aromatic heterocycles. The molecule has 2 heterocycles. The molecule has 3 atom stereocenters. The molecule has 0 radical (unpaired) electrons. The number of aryl methyl sites for hydroxylation is 1. The van der Waals surface area contributed by atoms with Crippen molar-refractivity contribution in [2.45, 2.75) is 32.7 Å². The zero-order chi connectivity index (χ0) is 22.0. The first-order chi connectivity index (χ1) is 14.9. The predicted molar refractivity (Wildman–Crippen MR) is 128 cm³/mol. The van der Waals surface area contributed by atoms with Gasteiger partial charge in [0.25, 0.3) is 0 Å². The molecule has 0 saturated carbocycles. The topological polar surface area (TPSA) is 95.0 Å². The minimum atomic E-state index is -1.30. The van der Waals surface area contributed by atoms with Gasteiger partial charge in [0.1, 0.15) is 17.8 Å². The largest absolute Gasteiger partial charge is 0.611 e. The number of thiazole rings is 1. The van der Waals surface area contributed by atoms with Gasteiger partial charge >= 0.3 is 4.34 Å². The lowest BCUT2D eigenvalue weighted by atomic mass is 10.2. The third-order valence-electron chi connectivity index (χ3n) is 4.60. The summed E-state index contributed by atoms with van der Waals surface area (Å²) in [5.41, 5.74) is 3.64. The van der Waals surface area contributed by atoms with Gasteiger partial charge in [-0.25, -0.2) is 4.98 Å². The van der Waals surface area contributed by atoms with E-state index in [0.29, 0.717) is 20.9 Å². The van der Waals surface area contributed by atoms with Crippen LogP contribution in [0.5, 0.6) is 0 Å². The van der Waals surface area contributed by atoms with Gasteiger partial charge in [-0.2, -0.15) is 4.98 Å². The Hall–Kier alpha value is -1.59. The molecule has 0 aliphatic heterocycles. The average Bonchev–Trinajstić information content (AvgIpc) is 3.18. The van der Waals surface area contributed by atoms with Crippen LogP contribution in [0.3, 0.4) is 0 Å². The lowest BCUT2D eigenvalue weighted by Gasteiger charge is -2.10. The molecule has 5 nitrogen and oxygen atoms in total. The second kappa shape index (κ2) is 9.91. The number of pyridine rings is 1. The molecule has 0 N–H and O–H groups in total. The molecule has 0 aliphatic rings. The summed E-state index contributed by atoms with van der Waals surface area (Å²) >= 11 is -2.17. The number of rotatable bonds is 7. The van der Waals surface area contributed by atoms with Gasteiger partial charge in [0.15, 0.2) is 4.90 Å². The molecule has 31 heavy (non-hydrogen) atoms. The maximum absolute atomic E-state index is 12.8. The van der Waals surface area contributed by atoms with Crippen LogP contribution in [0.2, 0.25) is 0 Å². The number of aromatic nitrogens is 2. The minimum absolute atomic E-state index is 0.299. The number of hydrogen-bond acceptors (Lipinski definition) is 6. The Morgan fingerprint density at radius 2 is 1.58 bits per heavy atom. The molecule has 160 valence electrons. The van der Waals surface area contributed by atoms with Gasteiger partial charge in [-0.1, -0.05) is 35.1 Å². The Morgan fingerprint density at radius 3 is 2.26 bits per heavy atom. The van der Waals surface area contributed by atoms with E-state index >= 15 is 0 Å². The Morgan fingerprint density at radius 1 is 0.871 bits per heavy atom. The summed E-state index contributed by atoms with van der Waals surface area (Å²) in [5.74, 6) is 0.708. The van der Waals surface area contributed by atoms with Gasteiger partial charge in [0.05, 0.1) is 10.2 Å². The van der Waals surface area contributed by atoms with Crippen LogP contribution in [0, 0.1) is 6.92 Å². The molecule has 0 fully saturated rings. The third kappa shape index (κ3) is 5.61. The van der Waals surface area contributed by atoms with E-state index < -0.39 is 33.5 Å². The van der Waals surface area contributed by atoms with Crippen LogP contribution in [0.4, 0.5) is 0 Å². The molecular formula is C22H20N2O3S4. The third-order valence-corrected chi connectivity index (χ3v) is 9.54. The monoisotopic (exact) mass is 488 g/mol. The van der Waals surface area contributed by atoms with Gasteiger partial charge in [0.2, 0.25) is 5.03 Å². The molecule has 3 unspecified atom stereocenters. The maximum atomic E-state index is 12.8. The van der Waals surface area contributed by atoms with Crippen LogP contribution < -0.4 is 0 Å². The first-order valence-electron chi connectivity index (χ1n) is 9.40. The van der Waals surface area contributed by atoms with Crippen LogP contribution in [0.1, 0.15) is 16.7 Å². The highest BCUT2D eigenvalue weighted by Gasteiger charge is 2.20. The summed E-state index contributed by atoms with van der Waals surface area (Å²) in [7, 11) is 0. The Bertz CT molecular complexity index is 1160. The summed E-state index contributed by atoms with van der Waals surface area (Å²) in [4.78, 5) is 9.52. The molecule has 0 bridgehead atoms. The molecular weight excluding hydrogens is 469 g/mol. The first-order valence-corrected chi connectivity index (χ1v) is 14.4. The molecule has 0 amide bonds. The van der Waals surface area contributed by atoms with Crippen molar-refractivity contribution < 1.29 is 13.7 Å². The second-order valence-corrected chi connectivity index (χ2v) is 12.5. The number of hydrogen-bond donors (Lipinski definition) is 0. The Kier molecular flexibility index (Phi) is 7.22. The molecule has 0 spiro atoms. The van der Waals surface area contributed by atoms with Gasteiger partial charge < -0.3 is 13.7 Å². The fraction of sp³-hybridized carbons (Fsp3) is 0.182. The Labute approximate surface area is 194 Å². The van der Waals surface area contributed by atoms with Crippen molar-refractivity contribution >= 4 is 55.1 Å². The quantitative estimate of drug-likeness (QED) is 0.360. The van der Waals surface area contributed by atoms with E-state index in [1.165, 1.54) is 11.3 Å². The smallest absolute Gasteiger partial charge is 0.302 e. The number of benzene rings is 2. The SMILES string of the molecule is Cc1ccc([S+]([O-])Cc2ccc3sc([S+]([O-])Cc4ccc([S+](C)[O-])nc4)nc3c2)cc1. The second-order valence-electron chi connectivity index (χ2n) is 7.03. The fourth-order valence-electron chi connectivity index (χ4n) is 2.94. The lowest BCUT2D eigenvalue weighted by molar-refractivity contribution is 0.592. The van der Waals surface area contributed by atoms with Crippen molar-refractivity contribution in [1.82, 2.24) is 9.97 Å². The molecule has 4 aromatic rings. The van der Waals surface area contributed by atoms with E-state index in [-0.39, 0.29) is 0 Å². The predicted octanol–water partition coefficient (Wildman–Crippen LogP) is 4.35. The molecule has 9 heteroatoms. The molecule has 0 saturated heterocycles.